The number of para-hydroxylation sites is 1. The van der Waals surface area contributed by atoms with Crippen LogP contribution in [0.5, 0.6) is 5.75 Å². The molecule has 1 aromatic carbocycles. The Balaban J connectivity index is 1.84. The van der Waals surface area contributed by atoms with Crippen LogP contribution in [0, 0.1) is 11.8 Å². The van der Waals surface area contributed by atoms with Crippen LogP contribution in [-0.4, -0.2) is 11.9 Å². The number of carbonyl (C=O) groups is 1. The summed E-state index contributed by atoms with van der Waals surface area (Å²) in [4.78, 5) is 11.1. The lowest BCUT2D eigenvalue weighted by Gasteiger charge is -2.17. The van der Waals surface area contributed by atoms with Crippen molar-refractivity contribution in [3.05, 3.63) is 41.5 Å². The maximum absolute atomic E-state index is 11.1. The van der Waals surface area contributed by atoms with Gasteiger partial charge < -0.3 is 9.53 Å². The molecule has 0 radical (unpaired) electrons. The van der Waals surface area contributed by atoms with Gasteiger partial charge in [-0.1, -0.05) is 37.3 Å². The van der Waals surface area contributed by atoms with E-state index >= 15 is 0 Å². The van der Waals surface area contributed by atoms with Crippen LogP contribution in [-0.2, 0) is 11.2 Å². The van der Waals surface area contributed by atoms with Crippen LogP contribution in [0.25, 0.3) is 0 Å². The zero-order valence-corrected chi connectivity index (χ0v) is 13.8. The Kier molecular flexibility index (Phi) is 4.37. The van der Waals surface area contributed by atoms with E-state index in [-0.39, 0.29) is 5.78 Å². The maximum atomic E-state index is 11.1. The Morgan fingerprint density at radius 2 is 2.23 bits per heavy atom. The van der Waals surface area contributed by atoms with E-state index in [1.807, 2.05) is 0 Å². The fraction of sp³-hybridized carbons (Fsp3) is 0.550. The van der Waals surface area contributed by atoms with E-state index in [9.17, 15) is 4.79 Å². The van der Waals surface area contributed by atoms with Crippen molar-refractivity contribution in [2.45, 2.75) is 58.5 Å². The first-order chi connectivity index (χ1) is 10.6. The molecule has 0 unspecified atom stereocenters. The van der Waals surface area contributed by atoms with Crippen molar-refractivity contribution in [1.82, 2.24) is 0 Å². The number of hydrogen-bond donors (Lipinski definition) is 0. The molecule has 2 heteroatoms. The van der Waals surface area contributed by atoms with E-state index < -0.39 is 0 Å². The van der Waals surface area contributed by atoms with Gasteiger partial charge in [0, 0.05) is 17.9 Å². The molecule has 118 valence electrons. The van der Waals surface area contributed by atoms with E-state index in [0.29, 0.717) is 30.3 Å². The highest BCUT2D eigenvalue weighted by molar-refractivity contribution is 5.75. The van der Waals surface area contributed by atoms with Gasteiger partial charge in [0.25, 0.3) is 0 Å². The normalized spacial score (nSPS) is 29.4. The number of benzene rings is 1. The fourth-order valence-corrected chi connectivity index (χ4v) is 4.22. The molecule has 3 rings (SSSR count). The molecule has 0 aromatic heterocycles. The molecule has 1 fully saturated rings. The average molecular weight is 298 g/mol. The quantitative estimate of drug-likeness (QED) is 0.738. The van der Waals surface area contributed by atoms with Crippen LogP contribution in [0.3, 0.4) is 0 Å². The van der Waals surface area contributed by atoms with E-state index in [0.717, 1.165) is 25.0 Å². The number of aryl methyl sites for hydroxylation is 1. The summed E-state index contributed by atoms with van der Waals surface area (Å²) in [5, 5.41) is 0. The van der Waals surface area contributed by atoms with Crippen LogP contribution >= 0.6 is 0 Å². The van der Waals surface area contributed by atoms with Gasteiger partial charge in [0.1, 0.15) is 17.6 Å². The summed E-state index contributed by atoms with van der Waals surface area (Å²) in [6.45, 7) is 6.11. The smallest absolute Gasteiger partial charge is 0.129 e. The highest BCUT2D eigenvalue weighted by Gasteiger charge is 2.47. The largest absolute Gasteiger partial charge is 0.489 e. The highest BCUT2D eigenvalue weighted by Crippen LogP contribution is 2.53. The first kappa shape index (κ1) is 15.3. The van der Waals surface area contributed by atoms with Crippen molar-refractivity contribution >= 4 is 5.78 Å². The average Bonchev–Trinajstić information content (AvgIpc) is 2.96. The molecule has 0 spiro atoms. The zero-order valence-electron chi connectivity index (χ0n) is 13.8. The molecule has 2 aliphatic rings. The predicted octanol–water partition coefficient (Wildman–Crippen LogP) is 4.68. The van der Waals surface area contributed by atoms with Gasteiger partial charge in [-0.3, -0.25) is 0 Å². The molecule has 0 saturated heterocycles. The fourth-order valence-electron chi connectivity index (χ4n) is 4.22. The van der Waals surface area contributed by atoms with E-state index in [1.54, 1.807) is 6.92 Å². The minimum absolute atomic E-state index is 0.271. The van der Waals surface area contributed by atoms with Crippen molar-refractivity contribution in [1.29, 1.82) is 0 Å². The number of carbonyl (C=O) groups excluding carboxylic acids is 1. The second kappa shape index (κ2) is 6.28. The Morgan fingerprint density at radius 3 is 2.95 bits per heavy atom. The number of Topliss-reactive ketones (excluding diaryl/α,β-unsaturated/α-hetero) is 1. The number of fused-ring (bicyclic) bond motifs is 3. The lowest BCUT2D eigenvalue weighted by molar-refractivity contribution is -0.117. The molecule has 1 aliphatic heterocycles. The van der Waals surface area contributed by atoms with Crippen LogP contribution in [0.15, 0.2) is 30.4 Å². The molecule has 1 saturated carbocycles. The second-order valence-electron chi connectivity index (χ2n) is 6.89. The van der Waals surface area contributed by atoms with Gasteiger partial charge in [-0.05, 0) is 50.5 Å². The molecule has 1 aliphatic carbocycles. The van der Waals surface area contributed by atoms with Gasteiger partial charge in [-0.2, -0.15) is 0 Å². The third-order valence-corrected chi connectivity index (χ3v) is 5.22. The lowest BCUT2D eigenvalue weighted by Crippen LogP contribution is -2.14. The van der Waals surface area contributed by atoms with Crippen LogP contribution in [0.2, 0.25) is 0 Å². The standard InChI is InChI=1S/C20H26O2/c1-4-7-16-13(2)12-18-19(16)17-11-6-10-15(20(17)22-18)9-5-8-14(3)21/h4,6-7,10-11,13,16,18-19H,5,8-9,12H2,1-3H3/b7-4+/t13-,16+,18+,19+/m1/s1. The molecule has 0 amide bonds. The number of hydrogen-bond acceptors (Lipinski definition) is 2. The summed E-state index contributed by atoms with van der Waals surface area (Å²) in [6, 6.07) is 6.56. The van der Waals surface area contributed by atoms with Crippen molar-refractivity contribution in [3.8, 4) is 5.75 Å². The van der Waals surface area contributed by atoms with Gasteiger partial charge >= 0.3 is 0 Å². The Labute approximate surface area is 133 Å². The Morgan fingerprint density at radius 1 is 1.41 bits per heavy atom. The minimum Gasteiger partial charge on any atom is -0.489 e. The molecule has 4 atom stereocenters. The molecule has 0 N–H and O–H groups in total. The first-order valence-corrected chi connectivity index (χ1v) is 8.52. The summed E-state index contributed by atoms with van der Waals surface area (Å²) >= 11 is 0. The third kappa shape index (κ3) is 2.71. The molecule has 22 heavy (non-hydrogen) atoms. The lowest BCUT2D eigenvalue weighted by atomic mass is 9.84. The van der Waals surface area contributed by atoms with Crippen LogP contribution in [0.1, 0.15) is 57.1 Å². The molecule has 1 heterocycles. The Hall–Kier alpha value is -1.57. The maximum Gasteiger partial charge on any atom is 0.129 e. The predicted molar refractivity (Wildman–Crippen MR) is 89.3 cm³/mol. The molecular weight excluding hydrogens is 272 g/mol. The summed E-state index contributed by atoms with van der Waals surface area (Å²) in [7, 11) is 0. The molecular formula is C20H26O2. The van der Waals surface area contributed by atoms with Gasteiger partial charge in [0.2, 0.25) is 0 Å². The van der Waals surface area contributed by atoms with Crippen molar-refractivity contribution < 1.29 is 9.53 Å². The van der Waals surface area contributed by atoms with E-state index in [1.165, 1.54) is 11.1 Å². The summed E-state index contributed by atoms with van der Waals surface area (Å²) in [6.07, 6.45) is 8.52. The number of allylic oxidation sites excluding steroid dienone is 2. The minimum atomic E-state index is 0.271. The summed E-state index contributed by atoms with van der Waals surface area (Å²) < 4.78 is 6.35. The van der Waals surface area contributed by atoms with E-state index in [4.69, 9.17) is 4.74 Å². The van der Waals surface area contributed by atoms with Crippen molar-refractivity contribution in [2.75, 3.05) is 0 Å². The second-order valence-corrected chi connectivity index (χ2v) is 6.89. The number of ether oxygens (including phenoxy) is 1. The number of ketones is 1. The van der Waals surface area contributed by atoms with Crippen LogP contribution < -0.4 is 4.74 Å². The summed E-state index contributed by atoms with van der Waals surface area (Å²) in [5.41, 5.74) is 2.66. The Bertz CT molecular complexity index is 587. The van der Waals surface area contributed by atoms with Gasteiger partial charge in [0.05, 0.1) is 0 Å². The van der Waals surface area contributed by atoms with E-state index in [2.05, 4.69) is 44.2 Å². The first-order valence-electron chi connectivity index (χ1n) is 8.52. The molecule has 1 aromatic rings. The third-order valence-electron chi connectivity index (χ3n) is 5.22. The van der Waals surface area contributed by atoms with Crippen molar-refractivity contribution in [2.24, 2.45) is 11.8 Å². The zero-order chi connectivity index (χ0) is 15.7. The highest BCUT2D eigenvalue weighted by atomic mass is 16.5. The summed E-state index contributed by atoms with van der Waals surface area (Å²) in [5.74, 6) is 3.16. The van der Waals surface area contributed by atoms with Gasteiger partial charge in [-0.15, -0.1) is 0 Å². The van der Waals surface area contributed by atoms with Crippen molar-refractivity contribution in [3.63, 3.8) is 0 Å². The molecule has 0 bridgehead atoms. The topological polar surface area (TPSA) is 26.3 Å². The monoisotopic (exact) mass is 298 g/mol. The SMILES string of the molecule is C/C=C/[C@@H]1[C@H]2c3cccc(CCCC(C)=O)c3O[C@H]2C[C@H]1C. The number of rotatable bonds is 5. The van der Waals surface area contributed by atoms with Crippen LogP contribution in [0.4, 0.5) is 0 Å². The molecule has 2 nitrogen and oxygen atoms in total. The van der Waals surface area contributed by atoms with Gasteiger partial charge in [-0.25, -0.2) is 0 Å². The van der Waals surface area contributed by atoms with Gasteiger partial charge in [0.15, 0.2) is 0 Å².